The summed E-state index contributed by atoms with van der Waals surface area (Å²) in [6.45, 7) is 4.55. The first-order chi connectivity index (χ1) is 3.18. The van der Waals surface area contributed by atoms with E-state index in [0.717, 1.165) is 0 Å². The van der Waals surface area contributed by atoms with Crippen LogP contribution >= 0.6 is 0 Å². The molecule has 0 aromatic rings. The fourth-order valence-corrected chi connectivity index (χ4v) is 0.197. The number of carbonyl (C=O) groups excluding carboxylic acids is 2. The minimum absolute atomic E-state index is 0. The monoisotopic (exact) mass is 184 g/mol. The molecule has 0 aliphatic rings. The van der Waals surface area contributed by atoms with Crippen molar-refractivity contribution in [2.75, 3.05) is 0 Å². The van der Waals surface area contributed by atoms with Crippen molar-refractivity contribution in [1.82, 2.24) is 0 Å². The maximum Gasteiger partial charge on any atom is 1.00 e. The average molecular weight is 185 g/mol. The third-order valence-electron chi connectivity index (χ3n) is 0.632. The first kappa shape index (κ1) is 11.8. The number of Topliss-reactive ketones (excluding diaryl/α,β-unsaturated/α-hetero) is 2. The quantitative estimate of drug-likeness (QED) is 0.348. The molecule has 0 N–H and O–H groups in total. The molecule has 3 heteroatoms. The van der Waals surface area contributed by atoms with Crippen LogP contribution in [0.15, 0.2) is 0 Å². The maximum absolute atomic E-state index is 10.1. The van der Waals surface area contributed by atoms with Gasteiger partial charge < -0.3 is 9.59 Å². The van der Waals surface area contributed by atoms with Crippen molar-refractivity contribution in [3.8, 4) is 0 Å². The number of rotatable bonds is 2. The van der Waals surface area contributed by atoms with Crippen molar-refractivity contribution in [1.29, 1.82) is 0 Å². The molecule has 0 heterocycles. The fourth-order valence-electron chi connectivity index (χ4n) is 0.197. The largest absolute Gasteiger partial charge is 1.00 e. The summed E-state index contributed by atoms with van der Waals surface area (Å²) in [4.78, 5) is 20.0. The number of carbonyl (C=O) groups is 2. The van der Waals surface area contributed by atoms with E-state index in [-0.39, 0.29) is 64.6 Å². The Bertz CT molecular complexity index is 98.6. The molecule has 0 amide bonds. The van der Waals surface area contributed by atoms with Crippen LogP contribution in [0.25, 0.3) is 0 Å². The summed E-state index contributed by atoms with van der Waals surface area (Å²) in [5, 5.41) is 0. The van der Waals surface area contributed by atoms with Gasteiger partial charge in [-0.25, -0.2) is 0 Å². The first-order valence-electron chi connectivity index (χ1n) is 2.07. The zero-order valence-corrected chi connectivity index (χ0v) is 10.1. The molecule has 40 valence electrons. The molecule has 0 aromatic heterocycles. The molecule has 0 bridgehead atoms. The zero-order chi connectivity index (χ0) is 5.86. The Hall–Kier alpha value is 1.02. The number of ketones is 2. The van der Waals surface area contributed by atoms with Crippen LogP contribution in [0.2, 0.25) is 0 Å². The molecule has 0 saturated carbocycles. The van der Waals surface area contributed by atoms with E-state index in [0.29, 0.717) is 0 Å². The van der Waals surface area contributed by atoms with Crippen molar-refractivity contribution in [3.63, 3.8) is 0 Å². The second-order valence-electron chi connectivity index (χ2n) is 1.20. The molecule has 0 aliphatic heterocycles. The molecule has 0 unspecified atom stereocenters. The molecule has 0 aromatic carbocycles. The normalized spacial score (nSPS) is 7.12. The number of hydrogen-bond donors (Lipinski definition) is 0. The topological polar surface area (TPSA) is 34.1 Å². The molecule has 0 rings (SSSR count). The van der Waals surface area contributed by atoms with Gasteiger partial charge >= 0.3 is 58.2 Å². The summed E-state index contributed by atoms with van der Waals surface area (Å²) in [6, 6.07) is 0. The van der Waals surface area contributed by atoms with Crippen LogP contribution in [0, 0.1) is 6.92 Å². The Kier molecular flexibility index (Phi) is 9.03. The van der Waals surface area contributed by atoms with Gasteiger partial charge in [0, 0.05) is 5.78 Å². The van der Waals surface area contributed by atoms with Crippen LogP contribution in [0.3, 0.4) is 0 Å². The van der Waals surface area contributed by atoms with Crippen LogP contribution < -0.4 is 58.2 Å². The molecule has 8 heavy (non-hydrogen) atoms. The average Bonchev–Trinajstić information content (AvgIpc) is 1.65. The van der Waals surface area contributed by atoms with E-state index in [2.05, 4.69) is 6.92 Å². The van der Waals surface area contributed by atoms with Gasteiger partial charge in [-0.05, 0) is 0 Å². The predicted molar refractivity (Wildman–Crippen MR) is 25.7 cm³/mol. The standard InChI is InChI=1S/C5H7O2.Rb/c1-3-5(7)4(2)6;/h2-3H2,1H3;/q-1;+1. The van der Waals surface area contributed by atoms with Crippen LogP contribution in [0.1, 0.15) is 13.3 Å². The Balaban J connectivity index is 0. The third kappa shape index (κ3) is 5.16. The van der Waals surface area contributed by atoms with Gasteiger partial charge in [0.05, 0.1) is 5.78 Å². The smallest absolute Gasteiger partial charge is 0.403 e. The van der Waals surface area contributed by atoms with Gasteiger partial charge in [0.25, 0.3) is 0 Å². The SMILES string of the molecule is [CH2-]C(=O)C(=O)CC.[Rb+]. The summed E-state index contributed by atoms with van der Waals surface area (Å²) in [5.74, 6) is -0.998. The Labute approximate surface area is 97.8 Å². The summed E-state index contributed by atoms with van der Waals surface area (Å²) in [5.41, 5.74) is 0. The fraction of sp³-hybridized carbons (Fsp3) is 0.400. The minimum atomic E-state index is -0.595. The molecular formula is C5H7O2Rb. The Morgan fingerprint density at radius 2 is 1.88 bits per heavy atom. The molecule has 0 radical (unpaired) electrons. The second-order valence-corrected chi connectivity index (χ2v) is 1.20. The van der Waals surface area contributed by atoms with Gasteiger partial charge in [-0.2, -0.15) is 6.92 Å². The maximum atomic E-state index is 10.1. The van der Waals surface area contributed by atoms with Gasteiger partial charge in [0.1, 0.15) is 0 Å². The molecule has 0 fully saturated rings. The Morgan fingerprint density at radius 1 is 1.50 bits per heavy atom. The summed E-state index contributed by atoms with van der Waals surface area (Å²) < 4.78 is 0. The van der Waals surface area contributed by atoms with Crippen molar-refractivity contribution in [2.24, 2.45) is 0 Å². The number of hydrogen-bond acceptors (Lipinski definition) is 2. The van der Waals surface area contributed by atoms with Crippen molar-refractivity contribution in [3.05, 3.63) is 6.92 Å². The van der Waals surface area contributed by atoms with Gasteiger partial charge in [-0.1, -0.05) is 13.3 Å². The molecule has 2 nitrogen and oxygen atoms in total. The van der Waals surface area contributed by atoms with Gasteiger partial charge in [-0.15, -0.1) is 0 Å². The minimum Gasteiger partial charge on any atom is -0.403 e. The van der Waals surface area contributed by atoms with Crippen LogP contribution in [0.4, 0.5) is 0 Å². The van der Waals surface area contributed by atoms with Crippen LogP contribution in [0.5, 0.6) is 0 Å². The van der Waals surface area contributed by atoms with Crippen LogP contribution in [-0.4, -0.2) is 11.6 Å². The van der Waals surface area contributed by atoms with E-state index in [1.165, 1.54) is 0 Å². The molecule has 0 saturated heterocycles. The van der Waals surface area contributed by atoms with E-state index in [4.69, 9.17) is 0 Å². The van der Waals surface area contributed by atoms with Crippen molar-refractivity contribution >= 4 is 11.6 Å². The third-order valence-corrected chi connectivity index (χ3v) is 0.632. The van der Waals surface area contributed by atoms with E-state index in [1.807, 2.05) is 0 Å². The molecule has 0 spiro atoms. The van der Waals surface area contributed by atoms with E-state index >= 15 is 0 Å². The van der Waals surface area contributed by atoms with E-state index in [9.17, 15) is 9.59 Å². The summed E-state index contributed by atoms with van der Waals surface area (Å²) in [7, 11) is 0. The van der Waals surface area contributed by atoms with E-state index < -0.39 is 11.6 Å². The summed E-state index contributed by atoms with van der Waals surface area (Å²) >= 11 is 0. The van der Waals surface area contributed by atoms with Gasteiger partial charge in [-0.3, -0.25) is 0 Å². The van der Waals surface area contributed by atoms with Crippen molar-refractivity contribution in [2.45, 2.75) is 13.3 Å². The van der Waals surface area contributed by atoms with Crippen LogP contribution in [-0.2, 0) is 9.59 Å². The molecule has 0 aliphatic carbocycles. The summed E-state index contributed by atoms with van der Waals surface area (Å²) in [6.07, 6.45) is 0.266. The van der Waals surface area contributed by atoms with E-state index in [1.54, 1.807) is 6.92 Å². The molecular weight excluding hydrogens is 178 g/mol. The first-order valence-corrected chi connectivity index (χ1v) is 2.07. The van der Waals surface area contributed by atoms with Gasteiger partial charge in [0.2, 0.25) is 0 Å². The van der Waals surface area contributed by atoms with Gasteiger partial charge in [0.15, 0.2) is 0 Å². The van der Waals surface area contributed by atoms with Crippen molar-refractivity contribution < 1.29 is 67.8 Å². The predicted octanol–water partition coefficient (Wildman–Crippen LogP) is -2.63. The molecule has 0 atom stereocenters. The Morgan fingerprint density at radius 3 is 1.88 bits per heavy atom. The second kappa shape index (κ2) is 6.14. The zero-order valence-electron chi connectivity index (χ0n) is 5.23.